The molecule has 0 saturated carbocycles. The predicted octanol–water partition coefficient (Wildman–Crippen LogP) is 5.20. The first kappa shape index (κ1) is 21.4. The van der Waals surface area contributed by atoms with Gasteiger partial charge in [0.1, 0.15) is 5.82 Å². The lowest BCUT2D eigenvalue weighted by Gasteiger charge is -2.13. The highest BCUT2D eigenvalue weighted by atomic mass is 32.1. The molecule has 0 spiro atoms. The van der Waals surface area contributed by atoms with Gasteiger partial charge in [-0.15, -0.1) is 11.3 Å². The van der Waals surface area contributed by atoms with Crippen molar-refractivity contribution in [3.63, 3.8) is 0 Å². The van der Waals surface area contributed by atoms with Crippen molar-refractivity contribution in [1.29, 1.82) is 0 Å². The van der Waals surface area contributed by atoms with Crippen molar-refractivity contribution in [2.24, 2.45) is 0 Å². The molecule has 2 heterocycles. The number of aromatic nitrogens is 2. The number of carbonyl (C=O) groups excluding carboxylic acids is 2. The van der Waals surface area contributed by atoms with Crippen LogP contribution in [-0.4, -0.2) is 21.8 Å². The van der Waals surface area contributed by atoms with Crippen molar-refractivity contribution in [2.45, 2.75) is 32.6 Å². The third kappa shape index (κ3) is 5.18. The number of amides is 2. The predicted molar refractivity (Wildman–Crippen MR) is 122 cm³/mol. The number of anilines is 2. The summed E-state index contributed by atoms with van der Waals surface area (Å²) >= 11 is 1.50. The van der Waals surface area contributed by atoms with E-state index in [1.807, 2.05) is 43.5 Å². The first-order valence-electron chi connectivity index (χ1n) is 9.63. The lowest BCUT2D eigenvalue weighted by Crippen LogP contribution is -2.18. The van der Waals surface area contributed by atoms with Crippen LogP contribution in [0.15, 0.2) is 61.4 Å². The molecule has 3 rings (SSSR count). The quantitative estimate of drug-likeness (QED) is 0.515. The number of nitrogens with one attached hydrogen (secondary N) is 2. The Hall–Kier alpha value is -3.32. The van der Waals surface area contributed by atoms with Gasteiger partial charge in [-0.25, -0.2) is 9.97 Å². The minimum Gasteiger partial charge on any atom is -0.307 e. The summed E-state index contributed by atoms with van der Waals surface area (Å²) in [6, 6.07) is 11.4. The summed E-state index contributed by atoms with van der Waals surface area (Å²) in [6.07, 6.45) is 4.69. The third-order valence-electron chi connectivity index (χ3n) is 4.64. The van der Waals surface area contributed by atoms with Crippen LogP contribution in [0, 0.1) is 0 Å². The molecule has 0 fully saturated rings. The van der Waals surface area contributed by atoms with Crippen molar-refractivity contribution < 1.29 is 9.59 Å². The van der Waals surface area contributed by atoms with Gasteiger partial charge in [-0.3, -0.25) is 9.59 Å². The molecule has 0 bridgehead atoms. The number of benzene rings is 1. The van der Waals surface area contributed by atoms with Crippen LogP contribution in [0.4, 0.5) is 10.9 Å². The summed E-state index contributed by atoms with van der Waals surface area (Å²) < 4.78 is 0. The minimum atomic E-state index is -0.338. The molecule has 154 valence electrons. The van der Waals surface area contributed by atoms with Crippen LogP contribution in [-0.2, 0) is 9.59 Å². The Balaban J connectivity index is 1.72. The van der Waals surface area contributed by atoms with Gasteiger partial charge >= 0.3 is 0 Å². The van der Waals surface area contributed by atoms with Crippen molar-refractivity contribution in [3.8, 4) is 11.1 Å². The van der Waals surface area contributed by atoms with E-state index in [2.05, 4.69) is 41.0 Å². The van der Waals surface area contributed by atoms with Gasteiger partial charge in [0.2, 0.25) is 11.8 Å². The first-order chi connectivity index (χ1) is 14.4. The molecular weight excluding hydrogens is 396 g/mol. The van der Waals surface area contributed by atoms with E-state index < -0.39 is 0 Å². The first-order valence-corrected chi connectivity index (χ1v) is 10.5. The zero-order chi connectivity index (χ0) is 21.7. The molecule has 30 heavy (non-hydrogen) atoms. The molecular formula is C23H24N4O2S. The van der Waals surface area contributed by atoms with Crippen LogP contribution in [0.25, 0.3) is 11.1 Å². The molecule has 0 aliphatic heterocycles. The number of hydrogen-bond donors (Lipinski definition) is 2. The topological polar surface area (TPSA) is 84.0 Å². The summed E-state index contributed by atoms with van der Waals surface area (Å²) in [4.78, 5) is 33.8. The number of rotatable bonds is 7. The molecule has 2 amide bonds. The molecule has 0 radical (unpaired) electrons. The van der Waals surface area contributed by atoms with Crippen LogP contribution >= 0.6 is 11.3 Å². The van der Waals surface area contributed by atoms with Crippen LogP contribution in [0.3, 0.4) is 0 Å². The van der Waals surface area contributed by atoms with Gasteiger partial charge in [-0.05, 0) is 42.2 Å². The summed E-state index contributed by atoms with van der Waals surface area (Å²) in [5.74, 6) is 0.0924. The van der Waals surface area contributed by atoms with Crippen LogP contribution in [0.2, 0.25) is 0 Å². The van der Waals surface area contributed by atoms with Gasteiger partial charge < -0.3 is 10.6 Å². The fourth-order valence-electron chi connectivity index (χ4n) is 2.78. The average Bonchev–Trinajstić information content (AvgIpc) is 3.22. The Kier molecular flexibility index (Phi) is 6.74. The molecule has 6 nitrogen and oxygen atoms in total. The van der Waals surface area contributed by atoms with E-state index >= 15 is 0 Å². The largest absolute Gasteiger partial charge is 0.307 e. The second kappa shape index (κ2) is 9.45. The normalized spacial score (nSPS) is 11.7. The van der Waals surface area contributed by atoms with E-state index in [1.54, 1.807) is 12.3 Å². The zero-order valence-corrected chi connectivity index (χ0v) is 18.0. The highest BCUT2D eigenvalue weighted by Gasteiger charge is 2.18. The van der Waals surface area contributed by atoms with Crippen molar-refractivity contribution in [1.82, 2.24) is 9.97 Å². The number of pyridine rings is 1. The molecule has 0 aliphatic rings. The smallest absolute Gasteiger partial charge is 0.248 e. The minimum absolute atomic E-state index is 0.0996. The Morgan fingerprint density at radius 3 is 2.47 bits per heavy atom. The molecule has 0 unspecified atom stereocenters. The van der Waals surface area contributed by atoms with E-state index in [4.69, 9.17) is 0 Å². The fraction of sp³-hybridized carbons (Fsp3) is 0.217. The molecule has 0 aliphatic carbocycles. The maximum absolute atomic E-state index is 12.7. The van der Waals surface area contributed by atoms with Crippen molar-refractivity contribution in [2.75, 3.05) is 10.6 Å². The Bertz CT molecular complexity index is 1060. The fourth-order valence-corrected chi connectivity index (χ4v) is 3.60. The zero-order valence-electron chi connectivity index (χ0n) is 17.2. The van der Waals surface area contributed by atoms with Crippen LogP contribution < -0.4 is 10.6 Å². The Labute approximate surface area is 180 Å². The van der Waals surface area contributed by atoms with E-state index in [-0.39, 0.29) is 17.7 Å². The number of nitrogens with zero attached hydrogens (tertiary/aromatic N) is 2. The van der Waals surface area contributed by atoms with Crippen LogP contribution in [0.1, 0.15) is 43.0 Å². The average molecular weight is 421 g/mol. The van der Waals surface area contributed by atoms with Crippen molar-refractivity contribution in [3.05, 3.63) is 71.9 Å². The molecule has 2 N–H and O–H groups in total. The number of thiazole rings is 1. The van der Waals surface area contributed by atoms with Gasteiger partial charge in [-0.2, -0.15) is 0 Å². The lowest BCUT2D eigenvalue weighted by atomic mass is 9.96. The van der Waals surface area contributed by atoms with Gasteiger partial charge in [0.05, 0.1) is 5.92 Å². The monoisotopic (exact) mass is 420 g/mol. The summed E-state index contributed by atoms with van der Waals surface area (Å²) in [7, 11) is 0. The molecule has 0 saturated heterocycles. The van der Waals surface area contributed by atoms with Crippen molar-refractivity contribution >= 4 is 34.1 Å². The van der Waals surface area contributed by atoms with E-state index in [0.717, 1.165) is 21.6 Å². The summed E-state index contributed by atoms with van der Waals surface area (Å²) in [5.41, 5.74) is 2.73. The third-order valence-corrected chi connectivity index (χ3v) is 5.85. The molecule has 2 aromatic heterocycles. The van der Waals surface area contributed by atoms with Gasteiger partial charge in [0, 0.05) is 22.8 Å². The molecule has 3 aromatic rings. The maximum Gasteiger partial charge on any atom is 0.248 e. The van der Waals surface area contributed by atoms with Crippen LogP contribution in [0.5, 0.6) is 0 Å². The maximum atomic E-state index is 12.7. The van der Waals surface area contributed by atoms with E-state index in [1.165, 1.54) is 17.4 Å². The molecule has 1 aromatic carbocycles. The molecule has 7 heteroatoms. The summed E-state index contributed by atoms with van der Waals surface area (Å²) in [5, 5.41) is 6.15. The van der Waals surface area contributed by atoms with E-state index in [0.29, 0.717) is 16.9 Å². The highest BCUT2D eigenvalue weighted by Crippen LogP contribution is 2.28. The number of carbonyl (C=O) groups is 2. The second-order valence-corrected chi connectivity index (χ2v) is 8.25. The Morgan fingerprint density at radius 1 is 1.03 bits per heavy atom. The lowest BCUT2D eigenvalue weighted by molar-refractivity contribution is -0.117. The Morgan fingerprint density at radius 2 is 1.83 bits per heavy atom. The summed E-state index contributed by atoms with van der Waals surface area (Å²) in [6.45, 7) is 9.49. The highest BCUT2D eigenvalue weighted by molar-refractivity contribution is 7.15. The van der Waals surface area contributed by atoms with Gasteiger partial charge in [0.15, 0.2) is 5.13 Å². The second-order valence-electron chi connectivity index (χ2n) is 7.18. The molecule has 1 atom stereocenters. The standard InChI is InChI=1S/C23H24N4O2S/c1-5-21(28)26-20-10-9-18(12-24-20)17-8-6-7-16(11-17)15(4)22(29)27-23-25-13-19(30-23)14(2)3/h5-15H,1H2,2-4H3,(H,24,26,28)(H,25,27,29)/t15-/m0/s1. The SMILES string of the molecule is C=CC(=O)Nc1ccc(-c2cccc([C@H](C)C(=O)Nc3ncc(C(C)C)s3)c2)cn1. The van der Waals surface area contributed by atoms with E-state index in [9.17, 15) is 9.59 Å². The number of hydrogen-bond acceptors (Lipinski definition) is 5. The van der Waals surface area contributed by atoms with Gasteiger partial charge in [0.25, 0.3) is 0 Å². The van der Waals surface area contributed by atoms with Gasteiger partial charge in [-0.1, -0.05) is 44.7 Å².